The Morgan fingerprint density at radius 2 is 2.25 bits per heavy atom. The molecule has 0 bridgehead atoms. The largest absolute Gasteiger partial charge is 0.493 e. The first-order valence-electron chi connectivity index (χ1n) is 5.48. The van der Waals surface area contributed by atoms with Gasteiger partial charge in [-0.15, -0.1) is 0 Å². The zero-order chi connectivity index (χ0) is 11.5. The number of aliphatic hydroxyl groups excluding tert-OH is 2. The Morgan fingerprint density at radius 3 is 3.00 bits per heavy atom. The summed E-state index contributed by atoms with van der Waals surface area (Å²) in [5, 5.41) is 22.4. The maximum Gasteiger partial charge on any atom is 0.122 e. The van der Waals surface area contributed by atoms with Gasteiger partial charge in [0, 0.05) is 13.0 Å². The number of hydrogen-bond acceptors (Lipinski definition) is 4. The van der Waals surface area contributed by atoms with Crippen molar-refractivity contribution in [1.82, 2.24) is 5.32 Å². The van der Waals surface area contributed by atoms with Crippen molar-refractivity contribution in [1.29, 1.82) is 0 Å². The van der Waals surface area contributed by atoms with E-state index < -0.39 is 12.2 Å². The summed E-state index contributed by atoms with van der Waals surface area (Å²) in [4.78, 5) is 0. The minimum absolute atomic E-state index is 0.370. The first-order valence-corrected chi connectivity index (χ1v) is 5.48. The summed E-state index contributed by atoms with van der Waals surface area (Å²) >= 11 is 0. The van der Waals surface area contributed by atoms with Crippen molar-refractivity contribution >= 4 is 0 Å². The third kappa shape index (κ3) is 2.19. The van der Waals surface area contributed by atoms with Crippen molar-refractivity contribution < 1.29 is 14.9 Å². The number of nitrogens with one attached hydrogen (secondary N) is 1. The third-order valence-electron chi connectivity index (χ3n) is 2.83. The van der Waals surface area contributed by atoms with Crippen molar-refractivity contribution in [2.24, 2.45) is 0 Å². The van der Waals surface area contributed by atoms with Gasteiger partial charge in [-0.3, -0.25) is 0 Å². The van der Waals surface area contributed by atoms with Crippen LogP contribution in [0.15, 0.2) is 18.2 Å². The fraction of sp³-hybridized carbons (Fsp3) is 0.500. The summed E-state index contributed by atoms with van der Waals surface area (Å²) in [7, 11) is 1.74. The van der Waals surface area contributed by atoms with Crippen LogP contribution in [0, 0.1) is 0 Å². The zero-order valence-electron chi connectivity index (χ0n) is 9.31. The van der Waals surface area contributed by atoms with Gasteiger partial charge in [-0.1, -0.05) is 6.07 Å². The van der Waals surface area contributed by atoms with Crippen molar-refractivity contribution in [3.8, 4) is 5.75 Å². The van der Waals surface area contributed by atoms with E-state index in [4.69, 9.17) is 4.74 Å². The lowest BCUT2D eigenvalue weighted by molar-refractivity contribution is 0.0202. The van der Waals surface area contributed by atoms with E-state index in [1.54, 1.807) is 13.1 Å². The number of rotatable bonds is 4. The van der Waals surface area contributed by atoms with Crippen LogP contribution in [0.25, 0.3) is 0 Å². The standard InChI is InChI=1S/C12H17NO3/c1-13-7-10(14)12(15)9-2-3-11-8(6-9)4-5-16-11/h2-3,6,10,12-15H,4-5,7H2,1H3. The van der Waals surface area contributed by atoms with Crippen molar-refractivity contribution in [3.63, 3.8) is 0 Å². The Hall–Kier alpha value is -1.10. The molecule has 2 rings (SSSR count). The van der Waals surface area contributed by atoms with E-state index in [1.165, 1.54) is 0 Å². The first kappa shape index (κ1) is 11.4. The summed E-state index contributed by atoms with van der Waals surface area (Å²) in [5.41, 5.74) is 1.85. The minimum atomic E-state index is -0.849. The van der Waals surface area contributed by atoms with Crippen molar-refractivity contribution in [2.45, 2.75) is 18.6 Å². The molecule has 88 valence electrons. The lowest BCUT2D eigenvalue weighted by Gasteiger charge is -2.18. The second-order valence-electron chi connectivity index (χ2n) is 4.04. The molecule has 3 N–H and O–H groups in total. The first-order chi connectivity index (χ1) is 7.72. The van der Waals surface area contributed by atoms with Gasteiger partial charge in [-0.05, 0) is 30.3 Å². The molecule has 2 atom stereocenters. The van der Waals surface area contributed by atoms with Crippen LogP contribution in [0.1, 0.15) is 17.2 Å². The normalized spacial score (nSPS) is 17.7. The highest BCUT2D eigenvalue weighted by Crippen LogP contribution is 2.28. The van der Waals surface area contributed by atoms with Gasteiger partial charge in [-0.25, -0.2) is 0 Å². The molecular formula is C12H17NO3. The molecule has 0 saturated heterocycles. The van der Waals surface area contributed by atoms with Crippen molar-refractivity contribution in [2.75, 3.05) is 20.2 Å². The summed E-state index contributed by atoms with van der Waals surface area (Å²) in [6.45, 7) is 1.07. The molecule has 2 unspecified atom stereocenters. The molecule has 1 aliphatic heterocycles. The molecular weight excluding hydrogens is 206 g/mol. The quantitative estimate of drug-likeness (QED) is 0.684. The number of benzene rings is 1. The summed E-state index contributed by atoms with van der Waals surface area (Å²) < 4.78 is 5.38. The molecule has 1 aromatic carbocycles. The maximum absolute atomic E-state index is 9.92. The topological polar surface area (TPSA) is 61.7 Å². The maximum atomic E-state index is 9.92. The van der Waals surface area contributed by atoms with Crippen LogP contribution in [0.5, 0.6) is 5.75 Å². The van der Waals surface area contributed by atoms with Crippen LogP contribution in [-0.2, 0) is 6.42 Å². The summed E-state index contributed by atoms with van der Waals surface area (Å²) in [6.07, 6.45) is -0.762. The number of likely N-dealkylation sites (N-methyl/N-ethyl adjacent to an activating group) is 1. The van der Waals surface area contributed by atoms with E-state index in [9.17, 15) is 10.2 Å². The van der Waals surface area contributed by atoms with Crippen molar-refractivity contribution in [3.05, 3.63) is 29.3 Å². The van der Waals surface area contributed by atoms with E-state index in [0.717, 1.165) is 23.3 Å². The third-order valence-corrected chi connectivity index (χ3v) is 2.83. The van der Waals surface area contributed by atoms with Gasteiger partial charge in [0.2, 0.25) is 0 Å². The van der Waals surface area contributed by atoms with Gasteiger partial charge < -0.3 is 20.3 Å². The molecule has 1 aliphatic rings. The molecule has 0 radical (unpaired) electrons. The Morgan fingerprint density at radius 1 is 1.44 bits per heavy atom. The second-order valence-corrected chi connectivity index (χ2v) is 4.04. The van der Waals surface area contributed by atoms with Gasteiger partial charge in [-0.2, -0.15) is 0 Å². The molecule has 16 heavy (non-hydrogen) atoms. The van der Waals surface area contributed by atoms with E-state index in [0.29, 0.717) is 13.2 Å². The fourth-order valence-corrected chi connectivity index (χ4v) is 1.93. The average Bonchev–Trinajstić information content (AvgIpc) is 2.75. The molecule has 4 heteroatoms. The molecule has 0 amide bonds. The highest BCUT2D eigenvalue weighted by molar-refractivity contribution is 5.40. The van der Waals surface area contributed by atoms with E-state index in [-0.39, 0.29) is 0 Å². The SMILES string of the molecule is CNCC(O)C(O)c1ccc2c(c1)CCO2. The molecule has 4 nitrogen and oxygen atoms in total. The lowest BCUT2D eigenvalue weighted by atomic mass is 10.0. The molecule has 1 heterocycles. The van der Waals surface area contributed by atoms with Crippen LogP contribution in [0.2, 0.25) is 0 Å². The van der Waals surface area contributed by atoms with Gasteiger partial charge in [0.1, 0.15) is 11.9 Å². The number of ether oxygens (including phenoxy) is 1. The molecule has 0 aliphatic carbocycles. The minimum Gasteiger partial charge on any atom is -0.493 e. The van der Waals surface area contributed by atoms with Crippen LogP contribution in [0.4, 0.5) is 0 Å². The smallest absolute Gasteiger partial charge is 0.122 e. The lowest BCUT2D eigenvalue weighted by Crippen LogP contribution is -2.29. The van der Waals surface area contributed by atoms with Gasteiger partial charge in [0.15, 0.2) is 0 Å². The molecule has 1 aromatic rings. The van der Waals surface area contributed by atoms with Crippen LogP contribution >= 0.6 is 0 Å². The Kier molecular flexibility index (Phi) is 3.43. The van der Waals surface area contributed by atoms with Gasteiger partial charge in [0.05, 0.1) is 12.7 Å². The zero-order valence-corrected chi connectivity index (χ0v) is 9.31. The highest BCUT2D eigenvalue weighted by atomic mass is 16.5. The van der Waals surface area contributed by atoms with Gasteiger partial charge >= 0.3 is 0 Å². The highest BCUT2D eigenvalue weighted by Gasteiger charge is 2.20. The summed E-state index contributed by atoms with van der Waals surface area (Å²) in [5.74, 6) is 0.888. The Labute approximate surface area is 94.9 Å². The average molecular weight is 223 g/mol. The van der Waals surface area contributed by atoms with Crippen LogP contribution in [-0.4, -0.2) is 36.5 Å². The fourth-order valence-electron chi connectivity index (χ4n) is 1.93. The van der Waals surface area contributed by atoms with Crippen LogP contribution < -0.4 is 10.1 Å². The van der Waals surface area contributed by atoms with E-state index in [1.807, 2.05) is 12.1 Å². The monoisotopic (exact) mass is 223 g/mol. The second kappa shape index (κ2) is 4.82. The summed E-state index contributed by atoms with van der Waals surface area (Å²) in [6, 6.07) is 5.56. The van der Waals surface area contributed by atoms with Gasteiger partial charge in [0.25, 0.3) is 0 Å². The molecule has 0 saturated carbocycles. The molecule has 0 spiro atoms. The van der Waals surface area contributed by atoms with E-state index >= 15 is 0 Å². The predicted molar refractivity (Wildman–Crippen MR) is 60.5 cm³/mol. The Balaban J connectivity index is 2.14. The van der Waals surface area contributed by atoms with Crippen LogP contribution in [0.3, 0.4) is 0 Å². The predicted octanol–water partition coefficient (Wildman–Crippen LogP) is 0.235. The number of aliphatic hydroxyl groups is 2. The Bertz CT molecular complexity index is 367. The molecule has 0 fully saturated rings. The number of fused-ring (bicyclic) bond motifs is 1. The number of hydrogen-bond donors (Lipinski definition) is 3. The van der Waals surface area contributed by atoms with E-state index in [2.05, 4.69) is 5.32 Å². The molecule has 0 aromatic heterocycles.